The Morgan fingerprint density at radius 3 is 2.17 bits per heavy atom. The summed E-state index contributed by atoms with van der Waals surface area (Å²) >= 11 is 0. The van der Waals surface area contributed by atoms with E-state index in [1.807, 2.05) is 27.7 Å². The highest BCUT2D eigenvalue weighted by Crippen LogP contribution is 2.23. The number of likely N-dealkylation sites (tertiary alicyclic amines) is 1. The van der Waals surface area contributed by atoms with Gasteiger partial charge in [0.25, 0.3) is 0 Å². The molecule has 0 aliphatic carbocycles. The van der Waals surface area contributed by atoms with Crippen LogP contribution >= 0.6 is 0 Å². The van der Waals surface area contributed by atoms with E-state index in [2.05, 4.69) is 24.1 Å². The highest BCUT2D eigenvalue weighted by Gasteiger charge is 2.34. The molecule has 0 bridgehead atoms. The Balaban J connectivity index is 2.92. The summed E-state index contributed by atoms with van der Waals surface area (Å²) in [5.74, 6) is -1.13. The van der Waals surface area contributed by atoms with E-state index in [0.29, 0.717) is 0 Å². The average Bonchev–Trinajstić information content (AvgIpc) is 2.64. The minimum atomic E-state index is -0.970. The summed E-state index contributed by atoms with van der Waals surface area (Å²) in [5.41, 5.74) is 0.247. The maximum Gasteiger partial charge on any atom is 0.330 e. The third kappa shape index (κ3) is 7.57. The Morgan fingerprint density at radius 2 is 1.69 bits per heavy atom. The highest BCUT2D eigenvalue weighted by atomic mass is 16.4. The molecule has 1 aliphatic heterocycles. The Labute approximate surface area is 176 Å². The van der Waals surface area contributed by atoms with Crippen molar-refractivity contribution in [2.24, 2.45) is 17.8 Å². The number of nitrogens with zero attached hydrogens (tertiary/aromatic N) is 1. The van der Waals surface area contributed by atoms with E-state index >= 15 is 0 Å². The molecule has 1 rings (SSSR count). The van der Waals surface area contributed by atoms with Gasteiger partial charge >= 0.3 is 5.97 Å². The van der Waals surface area contributed by atoms with Crippen molar-refractivity contribution >= 4 is 17.7 Å². The second-order valence-corrected chi connectivity index (χ2v) is 9.31. The van der Waals surface area contributed by atoms with Crippen molar-refractivity contribution in [3.05, 3.63) is 11.6 Å². The summed E-state index contributed by atoms with van der Waals surface area (Å²) in [6, 6.07) is -0.459. The van der Waals surface area contributed by atoms with Gasteiger partial charge in [0, 0.05) is 18.0 Å². The van der Waals surface area contributed by atoms with E-state index in [-0.39, 0.29) is 53.5 Å². The lowest BCUT2D eigenvalue weighted by atomic mass is 9.85. The maximum atomic E-state index is 13.1. The molecule has 0 saturated carbocycles. The first kappa shape index (κ1) is 25.3. The van der Waals surface area contributed by atoms with Gasteiger partial charge in [0.1, 0.15) is 0 Å². The van der Waals surface area contributed by atoms with E-state index < -0.39 is 12.0 Å². The molecule has 0 aromatic rings. The van der Waals surface area contributed by atoms with Gasteiger partial charge < -0.3 is 10.4 Å². The molecule has 0 radical (unpaired) electrons. The molecule has 0 aromatic heterocycles. The number of nitrogens with one attached hydrogen (secondary N) is 1. The fraction of sp³-hybridized carbons (Fsp3) is 0.783. The van der Waals surface area contributed by atoms with Crippen LogP contribution in [0.15, 0.2) is 11.6 Å². The topological polar surface area (TPSA) is 86.7 Å². The Kier molecular flexibility index (Phi) is 10.0. The van der Waals surface area contributed by atoms with E-state index in [4.69, 9.17) is 5.11 Å². The summed E-state index contributed by atoms with van der Waals surface area (Å²) in [6.45, 7) is 14.5. The summed E-state index contributed by atoms with van der Waals surface area (Å²) in [7, 11) is 0. The van der Waals surface area contributed by atoms with Gasteiger partial charge in [-0.15, -0.1) is 0 Å². The fourth-order valence-corrected chi connectivity index (χ4v) is 3.96. The lowest BCUT2D eigenvalue weighted by Gasteiger charge is -2.38. The molecule has 1 aliphatic rings. The minimum Gasteiger partial charge on any atom is -0.478 e. The number of carbonyl (C=O) groups is 3. The molecule has 3 atom stereocenters. The molecule has 1 amide bonds. The van der Waals surface area contributed by atoms with Crippen LogP contribution in [0.2, 0.25) is 0 Å². The van der Waals surface area contributed by atoms with Crippen LogP contribution in [0.3, 0.4) is 0 Å². The molecule has 1 heterocycles. The number of carbonyl (C=O) groups excluding carboxylic acids is 2. The van der Waals surface area contributed by atoms with Gasteiger partial charge in [-0.1, -0.05) is 40.2 Å². The van der Waals surface area contributed by atoms with E-state index in [9.17, 15) is 14.4 Å². The summed E-state index contributed by atoms with van der Waals surface area (Å²) in [6.07, 6.45) is 4.84. The average molecular weight is 409 g/mol. The fourth-order valence-electron chi connectivity index (χ4n) is 3.96. The van der Waals surface area contributed by atoms with Gasteiger partial charge in [-0.2, -0.15) is 0 Å². The Bertz CT molecular complexity index is 610. The minimum absolute atomic E-state index is 0.0279. The van der Waals surface area contributed by atoms with Crippen LogP contribution in [0.4, 0.5) is 0 Å². The number of piperidine rings is 1. The summed E-state index contributed by atoms with van der Waals surface area (Å²) in [5, 5.41) is 12.2. The molecule has 6 heteroatoms. The third-order valence-electron chi connectivity index (χ3n) is 5.92. The molecule has 1 fully saturated rings. The summed E-state index contributed by atoms with van der Waals surface area (Å²) < 4.78 is 0. The van der Waals surface area contributed by atoms with Crippen LogP contribution in [-0.4, -0.2) is 52.3 Å². The first-order valence-electron chi connectivity index (χ1n) is 11.0. The normalized spacial score (nSPS) is 20.8. The lowest BCUT2D eigenvalue weighted by molar-refractivity contribution is -0.133. The van der Waals surface area contributed by atoms with Gasteiger partial charge in [0.2, 0.25) is 5.91 Å². The number of aliphatic carboxylic acids is 1. The van der Waals surface area contributed by atoms with E-state index in [0.717, 1.165) is 25.8 Å². The zero-order valence-corrected chi connectivity index (χ0v) is 19.2. The van der Waals surface area contributed by atoms with Crippen LogP contribution < -0.4 is 5.32 Å². The van der Waals surface area contributed by atoms with Crippen molar-refractivity contribution in [3.63, 3.8) is 0 Å². The van der Waals surface area contributed by atoms with Crippen LogP contribution in [0.1, 0.15) is 74.1 Å². The smallest absolute Gasteiger partial charge is 0.330 e. The Hall–Kier alpha value is -1.69. The standard InChI is InChI=1S/C23H40N2O4/c1-14(2)18(12-17(7)23(28)29)13-20(26)21(15(3)4)24-22(27)19-10-8-9-11-25(19)16(5)6/h12,14-16,18-19,21H,8-11,13H2,1-7H3,(H,24,27)(H,28,29)/b17-12+/t18-,19+,21-/m0/s1. The molecule has 0 unspecified atom stereocenters. The number of allylic oxidation sites excluding steroid dienone is 1. The van der Waals surface area contributed by atoms with Crippen molar-refractivity contribution in [2.75, 3.05) is 6.54 Å². The summed E-state index contributed by atoms with van der Waals surface area (Å²) in [4.78, 5) is 39.5. The molecule has 6 nitrogen and oxygen atoms in total. The number of ketones is 1. The lowest BCUT2D eigenvalue weighted by Crippen LogP contribution is -2.56. The second-order valence-electron chi connectivity index (χ2n) is 9.31. The quantitative estimate of drug-likeness (QED) is 0.539. The molecule has 2 N–H and O–H groups in total. The van der Waals surface area contributed by atoms with Gasteiger partial charge in [0.05, 0.1) is 12.1 Å². The van der Waals surface area contributed by atoms with Crippen LogP contribution in [0, 0.1) is 17.8 Å². The predicted molar refractivity (Wildman–Crippen MR) is 116 cm³/mol. The molecular formula is C23H40N2O4. The number of rotatable bonds is 10. The monoisotopic (exact) mass is 408 g/mol. The van der Waals surface area contributed by atoms with Gasteiger partial charge in [0.15, 0.2) is 5.78 Å². The number of amides is 1. The second kappa shape index (κ2) is 11.5. The Morgan fingerprint density at radius 1 is 1.07 bits per heavy atom. The van der Waals surface area contributed by atoms with Crippen molar-refractivity contribution in [3.8, 4) is 0 Å². The molecular weight excluding hydrogens is 368 g/mol. The first-order valence-corrected chi connectivity index (χ1v) is 11.0. The number of hydrogen-bond donors (Lipinski definition) is 2. The molecule has 0 spiro atoms. The van der Waals surface area contributed by atoms with Gasteiger partial charge in [-0.3, -0.25) is 14.5 Å². The number of hydrogen-bond acceptors (Lipinski definition) is 4. The largest absolute Gasteiger partial charge is 0.478 e. The number of Topliss-reactive ketones (excluding diaryl/α,β-unsaturated/α-hetero) is 1. The van der Waals surface area contributed by atoms with Gasteiger partial charge in [-0.05, 0) is 57.9 Å². The van der Waals surface area contributed by atoms with E-state index in [1.54, 1.807) is 13.0 Å². The molecule has 29 heavy (non-hydrogen) atoms. The number of carboxylic acids is 1. The van der Waals surface area contributed by atoms with Crippen LogP contribution in [-0.2, 0) is 14.4 Å². The zero-order valence-electron chi connectivity index (χ0n) is 19.2. The molecule has 166 valence electrons. The van der Waals surface area contributed by atoms with Crippen molar-refractivity contribution in [2.45, 2.75) is 92.3 Å². The predicted octanol–water partition coefficient (Wildman–Crippen LogP) is 3.65. The third-order valence-corrected chi connectivity index (χ3v) is 5.92. The van der Waals surface area contributed by atoms with E-state index in [1.165, 1.54) is 0 Å². The maximum absolute atomic E-state index is 13.1. The van der Waals surface area contributed by atoms with Crippen molar-refractivity contribution in [1.82, 2.24) is 10.2 Å². The molecule has 0 aromatic carbocycles. The van der Waals surface area contributed by atoms with Crippen LogP contribution in [0.25, 0.3) is 0 Å². The van der Waals surface area contributed by atoms with Crippen molar-refractivity contribution < 1.29 is 19.5 Å². The first-order chi connectivity index (χ1) is 13.5. The highest BCUT2D eigenvalue weighted by molar-refractivity contribution is 5.91. The van der Waals surface area contributed by atoms with Gasteiger partial charge in [-0.25, -0.2) is 4.79 Å². The number of carboxylic acid groups (broad SMARTS) is 1. The zero-order chi connectivity index (χ0) is 22.3. The SMILES string of the molecule is C/C(=C\[C@@H](CC(=O)[C@@H](NC(=O)[C@H]1CCCCN1C(C)C)C(C)C)C(C)C)C(=O)O. The van der Waals surface area contributed by atoms with Crippen molar-refractivity contribution in [1.29, 1.82) is 0 Å². The van der Waals surface area contributed by atoms with Crippen LogP contribution in [0.5, 0.6) is 0 Å². The molecule has 1 saturated heterocycles.